The first-order chi connectivity index (χ1) is 8.08. The van der Waals surface area contributed by atoms with Crippen molar-refractivity contribution in [1.29, 1.82) is 0 Å². The molecule has 1 heterocycles. The number of nitrogens with two attached hydrogens (primary N) is 1. The molecule has 5 nitrogen and oxygen atoms in total. The van der Waals surface area contributed by atoms with E-state index in [1.165, 1.54) is 12.3 Å². The Morgan fingerprint density at radius 2 is 1.76 bits per heavy atom. The van der Waals surface area contributed by atoms with E-state index in [0.29, 0.717) is 16.8 Å². The van der Waals surface area contributed by atoms with Crippen molar-refractivity contribution in [3.8, 4) is 0 Å². The van der Waals surface area contributed by atoms with Crippen LogP contribution in [-0.2, 0) is 0 Å². The standard InChI is InChI=1S/C12H10N2O3/c13-9-3-1-7(2-4-9)11(15)8-5-10(12(16)17)14-6-8/h1-6,14H,13H2,(H,16,17). The lowest BCUT2D eigenvalue weighted by Crippen LogP contribution is -2.00. The second-order valence-electron chi connectivity index (χ2n) is 3.56. The Kier molecular flexibility index (Phi) is 2.66. The van der Waals surface area contributed by atoms with Crippen molar-refractivity contribution in [1.82, 2.24) is 4.98 Å². The summed E-state index contributed by atoms with van der Waals surface area (Å²) in [6.45, 7) is 0. The highest BCUT2D eigenvalue weighted by atomic mass is 16.4. The first kappa shape index (κ1) is 10.9. The number of ketones is 1. The first-order valence-corrected chi connectivity index (χ1v) is 4.90. The van der Waals surface area contributed by atoms with E-state index in [9.17, 15) is 9.59 Å². The van der Waals surface area contributed by atoms with Gasteiger partial charge in [0.1, 0.15) is 5.69 Å². The van der Waals surface area contributed by atoms with Crippen molar-refractivity contribution in [2.24, 2.45) is 0 Å². The van der Waals surface area contributed by atoms with E-state index in [2.05, 4.69) is 4.98 Å². The van der Waals surface area contributed by atoms with Gasteiger partial charge in [-0.15, -0.1) is 0 Å². The number of aromatic amines is 1. The molecule has 0 spiro atoms. The van der Waals surface area contributed by atoms with Gasteiger partial charge in [-0.25, -0.2) is 4.79 Å². The molecule has 2 aromatic rings. The smallest absolute Gasteiger partial charge is 0.352 e. The van der Waals surface area contributed by atoms with Crippen LogP contribution in [0.3, 0.4) is 0 Å². The van der Waals surface area contributed by atoms with Crippen LogP contribution in [0.2, 0.25) is 0 Å². The minimum atomic E-state index is -1.10. The third-order valence-electron chi connectivity index (χ3n) is 2.35. The number of carboxylic acid groups (broad SMARTS) is 1. The number of aromatic nitrogens is 1. The van der Waals surface area contributed by atoms with Gasteiger partial charge in [0.2, 0.25) is 0 Å². The number of nitrogens with one attached hydrogen (secondary N) is 1. The number of anilines is 1. The van der Waals surface area contributed by atoms with Gasteiger partial charge in [-0.05, 0) is 30.3 Å². The van der Waals surface area contributed by atoms with Crippen LogP contribution in [0.15, 0.2) is 36.5 Å². The van der Waals surface area contributed by atoms with Gasteiger partial charge in [0, 0.05) is 23.0 Å². The molecule has 86 valence electrons. The lowest BCUT2D eigenvalue weighted by Gasteiger charge is -1.98. The second-order valence-corrected chi connectivity index (χ2v) is 3.56. The van der Waals surface area contributed by atoms with E-state index in [1.54, 1.807) is 24.3 Å². The average Bonchev–Trinajstić information content (AvgIpc) is 2.78. The SMILES string of the molecule is Nc1ccc(C(=O)c2c[nH]c(C(=O)O)c2)cc1. The molecule has 0 saturated heterocycles. The average molecular weight is 230 g/mol. The minimum Gasteiger partial charge on any atom is -0.477 e. The predicted molar refractivity (Wildman–Crippen MR) is 62.0 cm³/mol. The topological polar surface area (TPSA) is 96.2 Å². The highest BCUT2D eigenvalue weighted by Crippen LogP contribution is 2.13. The number of benzene rings is 1. The van der Waals surface area contributed by atoms with Gasteiger partial charge in [0.25, 0.3) is 0 Å². The lowest BCUT2D eigenvalue weighted by atomic mass is 10.1. The maximum atomic E-state index is 11.9. The van der Waals surface area contributed by atoms with Crippen LogP contribution in [0.1, 0.15) is 26.4 Å². The first-order valence-electron chi connectivity index (χ1n) is 4.90. The number of hydrogen-bond acceptors (Lipinski definition) is 3. The molecule has 1 aromatic carbocycles. The lowest BCUT2D eigenvalue weighted by molar-refractivity contribution is 0.0691. The van der Waals surface area contributed by atoms with Crippen molar-refractivity contribution >= 4 is 17.4 Å². The molecular weight excluding hydrogens is 220 g/mol. The zero-order valence-corrected chi connectivity index (χ0v) is 8.81. The predicted octanol–water partition coefficient (Wildman–Crippen LogP) is 1.53. The summed E-state index contributed by atoms with van der Waals surface area (Å²) < 4.78 is 0. The van der Waals surface area contributed by atoms with Gasteiger partial charge in [-0.2, -0.15) is 0 Å². The van der Waals surface area contributed by atoms with Crippen molar-refractivity contribution in [3.05, 3.63) is 53.3 Å². The molecule has 1 aromatic heterocycles. The fourth-order valence-electron chi connectivity index (χ4n) is 1.45. The number of hydrogen-bond donors (Lipinski definition) is 3. The molecule has 17 heavy (non-hydrogen) atoms. The quantitative estimate of drug-likeness (QED) is 0.550. The number of H-pyrrole nitrogens is 1. The third kappa shape index (κ3) is 2.17. The van der Waals surface area contributed by atoms with E-state index >= 15 is 0 Å². The highest BCUT2D eigenvalue weighted by molar-refractivity contribution is 6.09. The van der Waals surface area contributed by atoms with Gasteiger partial charge >= 0.3 is 5.97 Å². The van der Waals surface area contributed by atoms with Crippen LogP contribution < -0.4 is 5.73 Å². The number of nitrogen functional groups attached to an aromatic ring is 1. The fourth-order valence-corrected chi connectivity index (χ4v) is 1.45. The monoisotopic (exact) mass is 230 g/mol. The third-order valence-corrected chi connectivity index (χ3v) is 2.35. The summed E-state index contributed by atoms with van der Waals surface area (Å²) in [5.74, 6) is -1.34. The Morgan fingerprint density at radius 1 is 1.12 bits per heavy atom. The summed E-state index contributed by atoms with van der Waals surface area (Å²) in [4.78, 5) is 25.1. The van der Waals surface area contributed by atoms with E-state index in [-0.39, 0.29) is 11.5 Å². The van der Waals surface area contributed by atoms with Crippen LogP contribution >= 0.6 is 0 Å². The maximum absolute atomic E-state index is 11.9. The van der Waals surface area contributed by atoms with E-state index in [4.69, 9.17) is 10.8 Å². The summed E-state index contributed by atoms with van der Waals surface area (Å²) in [6, 6.07) is 7.76. The molecule has 5 heteroatoms. The van der Waals surface area contributed by atoms with Gasteiger partial charge in [0.05, 0.1) is 0 Å². The van der Waals surface area contributed by atoms with Gasteiger partial charge in [-0.1, -0.05) is 0 Å². The number of aromatic carboxylic acids is 1. The Hall–Kier alpha value is -2.56. The molecule has 0 radical (unpaired) electrons. The molecule has 0 aliphatic carbocycles. The Bertz CT molecular complexity index is 570. The molecule has 0 atom stereocenters. The second kappa shape index (κ2) is 4.13. The van der Waals surface area contributed by atoms with E-state index < -0.39 is 5.97 Å². The van der Waals surface area contributed by atoms with Crippen molar-refractivity contribution in [3.63, 3.8) is 0 Å². The molecule has 4 N–H and O–H groups in total. The fraction of sp³-hybridized carbons (Fsp3) is 0. The van der Waals surface area contributed by atoms with Crippen LogP contribution in [0.4, 0.5) is 5.69 Å². The molecule has 0 amide bonds. The van der Waals surface area contributed by atoms with Crippen LogP contribution in [0, 0.1) is 0 Å². The molecule has 2 rings (SSSR count). The van der Waals surface area contributed by atoms with Gasteiger partial charge < -0.3 is 15.8 Å². The Labute approximate surface area is 96.9 Å². The van der Waals surface area contributed by atoms with Crippen molar-refractivity contribution in [2.75, 3.05) is 5.73 Å². The zero-order chi connectivity index (χ0) is 12.4. The maximum Gasteiger partial charge on any atom is 0.352 e. The zero-order valence-electron chi connectivity index (χ0n) is 8.81. The number of carboxylic acids is 1. The largest absolute Gasteiger partial charge is 0.477 e. The molecule has 0 saturated carbocycles. The minimum absolute atomic E-state index is 0.0104. The number of carbonyl (C=O) groups is 2. The summed E-state index contributed by atoms with van der Waals surface area (Å²) in [7, 11) is 0. The molecule has 0 aliphatic heterocycles. The van der Waals surface area contributed by atoms with Crippen molar-refractivity contribution < 1.29 is 14.7 Å². The van der Waals surface area contributed by atoms with Gasteiger partial charge in [0.15, 0.2) is 5.78 Å². The summed E-state index contributed by atoms with van der Waals surface area (Å²) in [5.41, 5.74) is 6.85. The Morgan fingerprint density at radius 3 is 2.29 bits per heavy atom. The van der Waals surface area contributed by atoms with Gasteiger partial charge in [-0.3, -0.25) is 4.79 Å². The summed E-state index contributed by atoms with van der Waals surface area (Å²) >= 11 is 0. The van der Waals surface area contributed by atoms with Crippen LogP contribution in [0.5, 0.6) is 0 Å². The molecule has 0 fully saturated rings. The van der Waals surface area contributed by atoms with E-state index in [1.807, 2.05) is 0 Å². The molecule has 0 bridgehead atoms. The van der Waals surface area contributed by atoms with Crippen LogP contribution in [-0.4, -0.2) is 21.8 Å². The van der Waals surface area contributed by atoms with Crippen LogP contribution in [0.25, 0.3) is 0 Å². The normalized spacial score (nSPS) is 10.1. The van der Waals surface area contributed by atoms with Crippen molar-refractivity contribution in [2.45, 2.75) is 0 Å². The van der Waals surface area contributed by atoms with E-state index in [0.717, 1.165) is 0 Å². The number of carbonyl (C=O) groups excluding carboxylic acids is 1. The number of rotatable bonds is 3. The Balaban J connectivity index is 2.30. The summed E-state index contributed by atoms with van der Waals surface area (Å²) in [6.07, 6.45) is 1.38. The molecular formula is C12H10N2O3. The molecule has 0 aliphatic rings. The summed E-state index contributed by atoms with van der Waals surface area (Å²) in [5, 5.41) is 8.73. The molecule has 0 unspecified atom stereocenters. The highest BCUT2D eigenvalue weighted by Gasteiger charge is 2.13.